The van der Waals surface area contributed by atoms with Gasteiger partial charge in [-0.2, -0.15) is 0 Å². The summed E-state index contributed by atoms with van der Waals surface area (Å²) in [6, 6.07) is 0. The van der Waals surface area contributed by atoms with E-state index in [2.05, 4.69) is 4.98 Å². The number of rotatable bonds is 3. The Balaban J connectivity index is 1.89. The topological polar surface area (TPSA) is 38.9 Å². The van der Waals surface area contributed by atoms with E-state index in [-0.39, 0.29) is 0 Å². The smallest absolute Gasteiger partial charge is 0.0930 e. The zero-order valence-corrected chi connectivity index (χ0v) is 9.35. The number of nitrogens with zero attached hydrogens (tertiary/aromatic N) is 1. The number of hydrogen-bond acceptors (Lipinski definition) is 3. The molecule has 0 aliphatic heterocycles. The molecule has 0 saturated heterocycles. The number of thiazole rings is 1. The molecule has 0 bridgehead atoms. The highest BCUT2D eigenvalue weighted by atomic mass is 32.1. The molecule has 2 nitrogen and oxygen atoms in total. The lowest BCUT2D eigenvalue weighted by Crippen LogP contribution is -2.08. The van der Waals surface area contributed by atoms with E-state index in [1.165, 1.54) is 48.4 Å². The molecule has 1 aromatic heterocycles. The molecule has 2 rings (SSSR count). The van der Waals surface area contributed by atoms with Crippen LogP contribution in [0.1, 0.15) is 42.0 Å². The second-order valence-electron chi connectivity index (χ2n) is 4.13. The molecular weight excluding hydrogens is 192 g/mol. The minimum Gasteiger partial charge on any atom is -0.326 e. The van der Waals surface area contributed by atoms with Gasteiger partial charge < -0.3 is 5.73 Å². The summed E-state index contributed by atoms with van der Waals surface area (Å²) >= 11 is 1.79. The van der Waals surface area contributed by atoms with Gasteiger partial charge in [0.1, 0.15) is 0 Å². The van der Waals surface area contributed by atoms with Gasteiger partial charge in [0.15, 0.2) is 0 Å². The molecule has 1 aliphatic rings. The minimum atomic E-state index is 0.641. The molecule has 0 spiro atoms. The molecule has 3 heteroatoms. The molecule has 78 valence electrons. The van der Waals surface area contributed by atoms with Crippen molar-refractivity contribution in [3.63, 3.8) is 0 Å². The van der Waals surface area contributed by atoms with Gasteiger partial charge in [0.25, 0.3) is 0 Å². The van der Waals surface area contributed by atoms with Gasteiger partial charge >= 0.3 is 0 Å². The van der Waals surface area contributed by atoms with Gasteiger partial charge in [0.05, 0.1) is 5.01 Å². The Morgan fingerprint density at radius 1 is 1.36 bits per heavy atom. The normalized spacial score (nSPS) is 18.6. The fourth-order valence-electron chi connectivity index (χ4n) is 2.17. The molecule has 0 atom stereocenters. The van der Waals surface area contributed by atoms with Gasteiger partial charge in [0.2, 0.25) is 0 Å². The first-order valence-corrected chi connectivity index (χ1v) is 6.34. The first kappa shape index (κ1) is 10.1. The van der Waals surface area contributed by atoms with Crippen molar-refractivity contribution in [2.24, 2.45) is 11.7 Å². The van der Waals surface area contributed by atoms with Gasteiger partial charge in [-0.25, -0.2) is 4.98 Å². The molecule has 0 radical (unpaired) electrons. The summed E-state index contributed by atoms with van der Waals surface area (Å²) in [5.74, 6) is 0.889. The Labute approximate surface area is 89.5 Å². The molecule has 0 aromatic carbocycles. The van der Waals surface area contributed by atoms with Gasteiger partial charge in [-0.05, 0) is 5.92 Å². The Hall–Kier alpha value is -0.410. The van der Waals surface area contributed by atoms with E-state index in [4.69, 9.17) is 5.73 Å². The predicted molar refractivity (Wildman–Crippen MR) is 60.3 cm³/mol. The van der Waals surface area contributed by atoms with Crippen LogP contribution in [0.5, 0.6) is 0 Å². The first-order valence-electron chi connectivity index (χ1n) is 5.52. The van der Waals surface area contributed by atoms with Crippen molar-refractivity contribution in [1.82, 2.24) is 4.98 Å². The Morgan fingerprint density at radius 3 is 2.79 bits per heavy atom. The van der Waals surface area contributed by atoms with Crippen LogP contribution >= 0.6 is 11.3 Å². The van der Waals surface area contributed by atoms with Gasteiger partial charge in [-0.1, -0.05) is 32.1 Å². The van der Waals surface area contributed by atoms with E-state index < -0.39 is 0 Å². The molecule has 1 heterocycles. The van der Waals surface area contributed by atoms with Gasteiger partial charge in [-0.15, -0.1) is 11.3 Å². The lowest BCUT2D eigenvalue weighted by molar-refractivity contribution is 0.356. The molecule has 2 N–H and O–H groups in total. The molecule has 14 heavy (non-hydrogen) atoms. The van der Waals surface area contributed by atoms with Crippen LogP contribution in [0.25, 0.3) is 0 Å². The quantitative estimate of drug-likeness (QED) is 0.833. The molecule has 1 saturated carbocycles. The Morgan fingerprint density at radius 2 is 2.14 bits per heavy atom. The number of hydrogen-bond donors (Lipinski definition) is 1. The van der Waals surface area contributed by atoms with Crippen molar-refractivity contribution in [2.45, 2.75) is 45.1 Å². The summed E-state index contributed by atoms with van der Waals surface area (Å²) in [5.41, 5.74) is 5.57. The summed E-state index contributed by atoms with van der Waals surface area (Å²) < 4.78 is 0. The average Bonchev–Trinajstić information content (AvgIpc) is 2.67. The Bertz CT molecular complexity index is 277. The van der Waals surface area contributed by atoms with Crippen LogP contribution in [0.4, 0.5) is 0 Å². The molecule has 1 aromatic rings. The fourth-order valence-corrected chi connectivity index (χ4v) is 3.09. The highest BCUT2D eigenvalue weighted by Gasteiger charge is 2.15. The van der Waals surface area contributed by atoms with E-state index in [0.29, 0.717) is 6.54 Å². The first-order chi connectivity index (χ1) is 6.88. The van der Waals surface area contributed by atoms with E-state index in [0.717, 1.165) is 5.92 Å². The summed E-state index contributed by atoms with van der Waals surface area (Å²) in [7, 11) is 0. The maximum atomic E-state index is 5.57. The van der Waals surface area contributed by atoms with Crippen molar-refractivity contribution in [2.75, 3.05) is 0 Å². The number of nitrogens with two attached hydrogens (primary N) is 1. The van der Waals surface area contributed by atoms with E-state index in [9.17, 15) is 0 Å². The van der Waals surface area contributed by atoms with E-state index in [1.54, 1.807) is 11.3 Å². The molecule has 1 fully saturated rings. The maximum Gasteiger partial charge on any atom is 0.0930 e. The number of aromatic nitrogens is 1. The summed E-state index contributed by atoms with van der Waals surface area (Å²) in [6.07, 6.45) is 10.2. The third kappa shape index (κ3) is 2.55. The lowest BCUT2D eigenvalue weighted by atomic mass is 9.87. The van der Waals surface area contributed by atoms with E-state index in [1.807, 2.05) is 6.20 Å². The SMILES string of the molecule is NCc1cnc(CC2CCCCC2)s1. The highest BCUT2D eigenvalue weighted by Crippen LogP contribution is 2.28. The van der Waals surface area contributed by atoms with Crippen LogP contribution in [0.3, 0.4) is 0 Å². The molecular formula is C11H18N2S. The van der Waals surface area contributed by atoms with Crippen molar-refractivity contribution >= 4 is 11.3 Å². The molecule has 0 amide bonds. The van der Waals surface area contributed by atoms with Crippen LogP contribution in [0, 0.1) is 5.92 Å². The van der Waals surface area contributed by atoms with Crippen molar-refractivity contribution in [1.29, 1.82) is 0 Å². The standard InChI is InChI=1S/C11H18N2S/c12-7-10-8-13-11(14-10)6-9-4-2-1-3-5-9/h8-9H,1-7,12H2. The second kappa shape index (κ2) is 4.89. The monoisotopic (exact) mass is 210 g/mol. The zero-order chi connectivity index (χ0) is 9.80. The van der Waals surface area contributed by atoms with E-state index >= 15 is 0 Å². The van der Waals surface area contributed by atoms with Gasteiger partial charge in [0, 0.05) is 24.0 Å². The predicted octanol–water partition coefficient (Wildman–Crippen LogP) is 2.72. The fraction of sp³-hybridized carbons (Fsp3) is 0.727. The van der Waals surface area contributed by atoms with Crippen molar-refractivity contribution in [3.8, 4) is 0 Å². The van der Waals surface area contributed by atoms with Gasteiger partial charge in [-0.3, -0.25) is 0 Å². The maximum absolute atomic E-state index is 5.57. The van der Waals surface area contributed by atoms with Crippen molar-refractivity contribution < 1.29 is 0 Å². The summed E-state index contributed by atoms with van der Waals surface area (Å²) in [5, 5.41) is 1.29. The largest absolute Gasteiger partial charge is 0.326 e. The van der Waals surface area contributed by atoms with Crippen LogP contribution in [-0.2, 0) is 13.0 Å². The Kier molecular flexibility index (Phi) is 3.54. The minimum absolute atomic E-state index is 0.641. The average molecular weight is 210 g/mol. The summed E-state index contributed by atoms with van der Waals surface area (Å²) in [6.45, 7) is 0.641. The van der Waals surface area contributed by atoms with Crippen LogP contribution in [-0.4, -0.2) is 4.98 Å². The third-order valence-electron chi connectivity index (χ3n) is 2.99. The summed E-state index contributed by atoms with van der Waals surface area (Å²) in [4.78, 5) is 5.64. The van der Waals surface area contributed by atoms with Crippen LogP contribution in [0.15, 0.2) is 6.20 Å². The third-order valence-corrected chi connectivity index (χ3v) is 4.03. The van der Waals surface area contributed by atoms with Crippen LogP contribution < -0.4 is 5.73 Å². The van der Waals surface area contributed by atoms with Crippen LogP contribution in [0.2, 0.25) is 0 Å². The second-order valence-corrected chi connectivity index (χ2v) is 5.33. The molecule has 0 unspecified atom stereocenters. The zero-order valence-electron chi connectivity index (χ0n) is 8.54. The lowest BCUT2D eigenvalue weighted by Gasteiger charge is -2.20. The van der Waals surface area contributed by atoms with Crippen molar-refractivity contribution in [3.05, 3.63) is 16.1 Å². The highest BCUT2D eigenvalue weighted by molar-refractivity contribution is 7.11. The molecule has 1 aliphatic carbocycles.